The molecule has 1 aromatic carbocycles. The molecule has 1 amide bonds. The molecular formula is C17H24FNO2. The first-order chi connectivity index (χ1) is 9.93. The molecule has 1 aromatic rings. The second-order valence-electron chi connectivity index (χ2n) is 6.72. The molecule has 0 spiro atoms. The maximum absolute atomic E-state index is 12.9. The van der Waals surface area contributed by atoms with Crippen molar-refractivity contribution >= 4 is 5.91 Å². The lowest BCUT2D eigenvalue weighted by molar-refractivity contribution is -0.122. The minimum Gasteiger partial charge on any atom is -0.396 e. The first-order valence-electron chi connectivity index (χ1n) is 7.57. The number of rotatable bonds is 7. The molecule has 4 heteroatoms. The van der Waals surface area contributed by atoms with Gasteiger partial charge in [-0.1, -0.05) is 26.0 Å². The van der Waals surface area contributed by atoms with Gasteiger partial charge in [-0.3, -0.25) is 4.79 Å². The van der Waals surface area contributed by atoms with Gasteiger partial charge in [0.1, 0.15) is 5.82 Å². The summed E-state index contributed by atoms with van der Waals surface area (Å²) in [6, 6.07) is 6.41. The van der Waals surface area contributed by atoms with E-state index in [0.29, 0.717) is 6.54 Å². The van der Waals surface area contributed by atoms with Crippen LogP contribution in [0.25, 0.3) is 0 Å². The van der Waals surface area contributed by atoms with Crippen LogP contribution in [-0.4, -0.2) is 24.2 Å². The summed E-state index contributed by atoms with van der Waals surface area (Å²) in [5, 5.41) is 12.1. The van der Waals surface area contributed by atoms with Crippen molar-refractivity contribution in [2.24, 2.45) is 11.3 Å². The standard InChI is InChI=1S/C17H24FNO2/c1-17(2,11-20)8-3-9-19-16(21)15-10-14(15)12-4-6-13(18)7-5-12/h4-7,14-15,20H,3,8-11H2,1-2H3,(H,19,21). The molecule has 0 saturated heterocycles. The van der Waals surface area contributed by atoms with E-state index in [1.54, 1.807) is 12.1 Å². The molecular weight excluding hydrogens is 269 g/mol. The third-order valence-electron chi connectivity index (χ3n) is 4.18. The summed E-state index contributed by atoms with van der Waals surface area (Å²) < 4.78 is 12.9. The summed E-state index contributed by atoms with van der Waals surface area (Å²) in [6.07, 6.45) is 2.60. The zero-order chi connectivity index (χ0) is 15.5. The molecule has 0 aliphatic heterocycles. The third kappa shape index (κ3) is 4.53. The molecule has 0 aromatic heterocycles. The maximum atomic E-state index is 12.9. The monoisotopic (exact) mass is 293 g/mol. The summed E-state index contributed by atoms with van der Waals surface area (Å²) in [6.45, 7) is 4.84. The Balaban J connectivity index is 1.70. The van der Waals surface area contributed by atoms with E-state index in [1.807, 2.05) is 13.8 Å². The van der Waals surface area contributed by atoms with Crippen LogP contribution in [0.1, 0.15) is 44.6 Å². The highest BCUT2D eigenvalue weighted by molar-refractivity contribution is 5.82. The number of halogens is 1. The number of carbonyl (C=O) groups is 1. The smallest absolute Gasteiger partial charge is 0.223 e. The number of benzene rings is 1. The molecule has 0 bridgehead atoms. The van der Waals surface area contributed by atoms with E-state index in [0.717, 1.165) is 24.8 Å². The van der Waals surface area contributed by atoms with E-state index in [2.05, 4.69) is 5.32 Å². The number of hydrogen-bond acceptors (Lipinski definition) is 2. The highest BCUT2D eigenvalue weighted by Crippen LogP contribution is 2.47. The van der Waals surface area contributed by atoms with Gasteiger partial charge in [0.25, 0.3) is 0 Å². The van der Waals surface area contributed by atoms with Gasteiger partial charge in [0.15, 0.2) is 0 Å². The van der Waals surface area contributed by atoms with E-state index < -0.39 is 0 Å². The Labute approximate surface area is 125 Å². The largest absolute Gasteiger partial charge is 0.396 e. The van der Waals surface area contributed by atoms with Gasteiger partial charge in [-0.2, -0.15) is 0 Å². The summed E-state index contributed by atoms with van der Waals surface area (Å²) >= 11 is 0. The summed E-state index contributed by atoms with van der Waals surface area (Å²) in [4.78, 5) is 12.0. The van der Waals surface area contributed by atoms with Crippen molar-refractivity contribution in [1.82, 2.24) is 5.32 Å². The van der Waals surface area contributed by atoms with Crippen molar-refractivity contribution in [2.45, 2.75) is 39.0 Å². The Morgan fingerprint density at radius 1 is 1.38 bits per heavy atom. The zero-order valence-corrected chi connectivity index (χ0v) is 12.7. The molecule has 1 aliphatic rings. The average molecular weight is 293 g/mol. The van der Waals surface area contributed by atoms with E-state index in [-0.39, 0.29) is 35.6 Å². The van der Waals surface area contributed by atoms with Crippen LogP contribution >= 0.6 is 0 Å². The molecule has 1 aliphatic carbocycles. The molecule has 0 radical (unpaired) electrons. The molecule has 2 rings (SSSR count). The molecule has 2 N–H and O–H groups in total. The lowest BCUT2D eigenvalue weighted by Crippen LogP contribution is -2.28. The summed E-state index contributed by atoms with van der Waals surface area (Å²) in [5.74, 6) is 0.110. The number of carbonyl (C=O) groups excluding carboxylic acids is 1. The van der Waals surface area contributed by atoms with Gasteiger partial charge in [-0.25, -0.2) is 4.39 Å². The van der Waals surface area contributed by atoms with Gasteiger partial charge in [0, 0.05) is 19.1 Å². The summed E-state index contributed by atoms with van der Waals surface area (Å²) in [5.41, 5.74) is 0.957. The van der Waals surface area contributed by atoms with Gasteiger partial charge >= 0.3 is 0 Å². The SMILES string of the molecule is CC(C)(CO)CCCNC(=O)C1CC1c1ccc(F)cc1. The van der Waals surface area contributed by atoms with Crippen LogP contribution in [0.3, 0.4) is 0 Å². The second-order valence-corrected chi connectivity index (χ2v) is 6.72. The highest BCUT2D eigenvalue weighted by Gasteiger charge is 2.43. The van der Waals surface area contributed by atoms with Crippen molar-refractivity contribution < 1.29 is 14.3 Å². The Hall–Kier alpha value is -1.42. The molecule has 3 nitrogen and oxygen atoms in total. The van der Waals surface area contributed by atoms with Gasteiger partial charge in [-0.15, -0.1) is 0 Å². The van der Waals surface area contributed by atoms with Crippen molar-refractivity contribution in [3.63, 3.8) is 0 Å². The molecule has 2 atom stereocenters. The fraction of sp³-hybridized carbons (Fsp3) is 0.588. The molecule has 116 valence electrons. The van der Waals surface area contributed by atoms with E-state index in [4.69, 9.17) is 5.11 Å². The van der Waals surface area contributed by atoms with Crippen molar-refractivity contribution in [2.75, 3.05) is 13.2 Å². The molecule has 2 unspecified atom stereocenters. The van der Waals surface area contributed by atoms with Crippen LogP contribution in [0.5, 0.6) is 0 Å². The minimum absolute atomic E-state index is 0.0290. The predicted molar refractivity (Wildman–Crippen MR) is 80.4 cm³/mol. The number of aliphatic hydroxyl groups is 1. The Morgan fingerprint density at radius 3 is 2.67 bits per heavy atom. The van der Waals surface area contributed by atoms with Gasteiger partial charge in [0.05, 0.1) is 0 Å². The minimum atomic E-state index is -0.244. The summed E-state index contributed by atoms with van der Waals surface area (Å²) in [7, 11) is 0. The first-order valence-corrected chi connectivity index (χ1v) is 7.57. The highest BCUT2D eigenvalue weighted by atomic mass is 19.1. The van der Waals surface area contributed by atoms with Crippen LogP contribution in [0.4, 0.5) is 4.39 Å². The van der Waals surface area contributed by atoms with Crippen LogP contribution in [0.15, 0.2) is 24.3 Å². The lowest BCUT2D eigenvalue weighted by Gasteiger charge is -2.21. The van der Waals surface area contributed by atoms with Gasteiger partial charge in [-0.05, 0) is 48.3 Å². The third-order valence-corrected chi connectivity index (χ3v) is 4.18. The predicted octanol–water partition coefficient (Wildman–Crippen LogP) is 2.84. The van der Waals surface area contributed by atoms with Gasteiger partial charge < -0.3 is 10.4 Å². The van der Waals surface area contributed by atoms with E-state index in [9.17, 15) is 9.18 Å². The van der Waals surface area contributed by atoms with E-state index in [1.165, 1.54) is 12.1 Å². The van der Waals surface area contributed by atoms with Gasteiger partial charge in [0.2, 0.25) is 5.91 Å². The fourth-order valence-corrected chi connectivity index (χ4v) is 2.55. The van der Waals surface area contributed by atoms with Crippen LogP contribution in [-0.2, 0) is 4.79 Å². The van der Waals surface area contributed by atoms with Crippen molar-refractivity contribution in [3.05, 3.63) is 35.6 Å². The number of nitrogens with one attached hydrogen (secondary N) is 1. The lowest BCUT2D eigenvalue weighted by atomic mass is 9.89. The first kappa shape index (κ1) is 16.0. The average Bonchev–Trinajstić information content (AvgIpc) is 3.25. The topological polar surface area (TPSA) is 49.3 Å². The Kier molecular flexibility index (Phi) is 4.99. The van der Waals surface area contributed by atoms with Crippen LogP contribution in [0.2, 0.25) is 0 Å². The molecule has 1 fully saturated rings. The number of hydrogen-bond donors (Lipinski definition) is 2. The van der Waals surface area contributed by atoms with Crippen LogP contribution < -0.4 is 5.32 Å². The molecule has 1 saturated carbocycles. The van der Waals surface area contributed by atoms with Crippen molar-refractivity contribution in [1.29, 1.82) is 0 Å². The number of aliphatic hydroxyl groups excluding tert-OH is 1. The second kappa shape index (κ2) is 6.56. The zero-order valence-electron chi connectivity index (χ0n) is 12.7. The molecule has 0 heterocycles. The maximum Gasteiger partial charge on any atom is 0.223 e. The quantitative estimate of drug-likeness (QED) is 0.760. The Morgan fingerprint density at radius 2 is 2.05 bits per heavy atom. The normalized spacial score (nSPS) is 21.1. The van der Waals surface area contributed by atoms with Crippen LogP contribution in [0, 0.1) is 17.2 Å². The molecule has 21 heavy (non-hydrogen) atoms. The van der Waals surface area contributed by atoms with E-state index >= 15 is 0 Å². The fourth-order valence-electron chi connectivity index (χ4n) is 2.55. The number of amides is 1. The Bertz CT molecular complexity index is 484. The van der Waals surface area contributed by atoms with Crippen molar-refractivity contribution in [3.8, 4) is 0 Å².